The molecule has 1 heterocycles. The summed E-state index contributed by atoms with van der Waals surface area (Å²) in [6.45, 7) is 4.16. The molecule has 0 atom stereocenters. The Balaban J connectivity index is 2.93. The van der Waals surface area contributed by atoms with E-state index in [0.717, 1.165) is 12.1 Å². The van der Waals surface area contributed by atoms with Gasteiger partial charge in [0.05, 0.1) is 0 Å². The number of rotatable bonds is 4. The standard InChI is InChI=1S/C8H15N3O2S/c1-4-5-9-14(12,13)8-6-7(2)11(3)10-8/h6,9H,4-5H2,1-3H3. The lowest BCUT2D eigenvalue weighted by molar-refractivity contribution is 0.572. The summed E-state index contributed by atoms with van der Waals surface area (Å²) in [7, 11) is -1.69. The summed E-state index contributed by atoms with van der Waals surface area (Å²) in [4.78, 5) is 0. The molecule has 0 aliphatic rings. The van der Waals surface area contributed by atoms with E-state index in [9.17, 15) is 8.42 Å². The quantitative estimate of drug-likeness (QED) is 0.794. The Bertz CT molecular complexity index is 389. The van der Waals surface area contributed by atoms with Crippen LogP contribution in [0.5, 0.6) is 0 Å². The first-order valence-electron chi connectivity index (χ1n) is 4.47. The second-order valence-electron chi connectivity index (χ2n) is 3.15. The minimum absolute atomic E-state index is 0.0888. The topological polar surface area (TPSA) is 64.0 Å². The second kappa shape index (κ2) is 4.10. The van der Waals surface area contributed by atoms with E-state index in [4.69, 9.17) is 0 Å². The van der Waals surface area contributed by atoms with Crippen molar-refractivity contribution in [3.8, 4) is 0 Å². The maximum absolute atomic E-state index is 11.6. The van der Waals surface area contributed by atoms with Crippen molar-refractivity contribution < 1.29 is 8.42 Å². The number of sulfonamides is 1. The fraction of sp³-hybridized carbons (Fsp3) is 0.625. The van der Waals surface area contributed by atoms with Gasteiger partial charge >= 0.3 is 0 Å². The van der Waals surface area contributed by atoms with Crippen LogP contribution in [0.4, 0.5) is 0 Å². The van der Waals surface area contributed by atoms with E-state index in [1.54, 1.807) is 17.8 Å². The van der Waals surface area contributed by atoms with Gasteiger partial charge in [-0.05, 0) is 19.4 Å². The Kier molecular flexibility index (Phi) is 3.28. The molecule has 0 aromatic carbocycles. The van der Waals surface area contributed by atoms with Gasteiger partial charge in [-0.25, -0.2) is 13.1 Å². The Hall–Kier alpha value is -0.880. The van der Waals surface area contributed by atoms with Crippen molar-refractivity contribution in [3.05, 3.63) is 11.8 Å². The summed E-state index contributed by atoms with van der Waals surface area (Å²) in [6.07, 6.45) is 0.769. The van der Waals surface area contributed by atoms with Crippen LogP contribution < -0.4 is 4.72 Å². The van der Waals surface area contributed by atoms with Gasteiger partial charge in [0.2, 0.25) is 0 Å². The number of hydrogen-bond donors (Lipinski definition) is 1. The molecule has 0 aliphatic carbocycles. The zero-order valence-electron chi connectivity index (χ0n) is 8.61. The van der Waals surface area contributed by atoms with Crippen LogP contribution in [0.2, 0.25) is 0 Å². The largest absolute Gasteiger partial charge is 0.272 e. The van der Waals surface area contributed by atoms with Crippen LogP contribution >= 0.6 is 0 Å². The van der Waals surface area contributed by atoms with E-state index in [-0.39, 0.29) is 5.03 Å². The third-order valence-corrected chi connectivity index (χ3v) is 3.24. The highest BCUT2D eigenvalue weighted by atomic mass is 32.2. The van der Waals surface area contributed by atoms with Crippen molar-refractivity contribution in [1.82, 2.24) is 14.5 Å². The van der Waals surface area contributed by atoms with Crippen LogP contribution in [-0.4, -0.2) is 24.7 Å². The predicted molar refractivity (Wildman–Crippen MR) is 53.4 cm³/mol. The van der Waals surface area contributed by atoms with Gasteiger partial charge in [-0.1, -0.05) is 6.92 Å². The molecule has 14 heavy (non-hydrogen) atoms. The van der Waals surface area contributed by atoms with Crippen molar-refractivity contribution >= 4 is 10.0 Å². The summed E-state index contributed by atoms with van der Waals surface area (Å²) in [5.74, 6) is 0. The Morgan fingerprint density at radius 2 is 2.21 bits per heavy atom. The van der Waals surface area contributed by atoms with Gasteiger partial charge in [0.1, 0.15) is 0 Å². The summed E-state index contributed by atoms with van der Waals surface area (Å²) in [5, 5.41) is 3.99. The van der Waals surface area contributed by atoms with Gasteiger partial charge in [0.15, 0.2) is 5.03 Å². The van der Waals surface area contributed by atoms with Gasteiger partial charge in [-0.15, -0.1) is 0 Å². The molecule has 0 saturated carbocycles. The first kappa shape index (κ1) is 11.2. The van der Waals surface area contributed by atoms with E-state index < -0.39 is 10.0 Å². The molecule has 6 heteroatoms. The number of hydrogen-bond acceptors (Lipinski definition) is 3. The van der Waals surface area contributed by atoms with Crippen LogP contribution in [-0.2, 0) is 17.1 Å². The van der Waals surface area contributed by atoms with Crippen molar-refractivity contribution in [1.29, 1.82) is 0 Å². The number of aryl methyl sites for hydroxylation is 2. The first-order valence-corrected chi connectivity index (χ1v) is 5.96. The maximum atomic E-state index is 11.6. The highest BCUT2D eigenvalue weighted by Crippen LogP contribution is 2.07. The summed E-state index contributed by atoms with van der Waals surface area (Å²) in [6, 6.07) is 1.55. The lowest BCUT2D eigenvalue weighted by Crippen LogP contribution is -2.24. The fourth-order valence-corrected chi connectivity index (χ4v) is 2.15. The minimum atomic E-state index is -3.41. The highest BCUT2D eigenvalue weighted by molar-refractivity contribution is 7.89. The third kappa shape index (κ3) is 2.33. The normalized spacial score (nSPS) is 11.9. The SMILES string of the molecule is CCCNS(=O)(=O)c1cc(C)n(C)n1. The maximum Gasteiger partial charge on any atom is 0.259 e. The zero-order valence-corrected chi connectivity index (χ0v) is 9.43. The number of nitrogens with one attached hydrogen (secondary N) is 1. The molecular weight excluding hydrogens is 202 g/mol. The van der Waals surface area contributed by atoms with E-state index in [2.05, 4.69) is 9.82 Å². The molecule has 0 amide bonds. The van der Waals surface area contributed by atoms with Crippen molar-refractivity contribution in [3.63, 3.8) is 0 Å². The third-order valence-electron chi connectivity index (χ3n) is 1.91. The van der Waals surface area contributed by atoms with Crippen LogP contribution in [0.1, 0.15) is 19.0 Å². The molecule has 1 aromatic heterocycles. The van der Waals surface area contributed by atoms with Crippen LogP contribution in [0.15, 0.2) is 11.1 Å². The van der Waals surface area contributed by atoms with Crippen molar-refractivity contribution in [2.45, 2.75) is 25.3 Å². The minimum Gasteiger partial charge on any atom is -0.272 e. The van der Waals surface area contributed by atoms with E-state index >= 15 is 0 Å². The second-order valence-corrected chi connectivity index (χ2v) is 4.86. The number of aromatic nitrogens is 2. The molecular formula is C8H15N3O2S. The van der Waals surface area contributed by atoms with Crippen LogP contribution in [0, 0.1) is 6.92 Å². The summed E-state index contributed by atoms with van der Waals surface area (Å²) < 4.78 is 27.1. The zero-order chi connectivity index (χ0) is 10.8. The lowest BCUT2D eigenvalue weighted by Gasteiger charge is -2.00. The molecule has 80 valence electrons. The molecule has 0 bridgehead atoms. The average molecular weight is 217 g/mol. The summed E-state index contributed by atoms with van der Waals surface area (Å²) in [5.41, 5.74) is 0.821. The lowest BCUT2D eigenvalue weighted by atomic mass is 10.5. The molecule has 1 rings (SSSR count). The molecule has 0 radical (unpaired) electrons. The van der Waals surface area contributed by atoms with Gasteiger partial charge in [-0.3, -0.25) is 4.68 Å². The highest BCUT2D eigenvalue weighted by Gasteiger charge is 2.17. The van der Waals surface area contributed by atoms with E-state index in [0.29, 0.717) is 6.54 Å². The molecule has 0 saturated heterocycles. The molecule has 0 aliphatic heterocycles. The van der Waals surface area contributed by atoms with E-state index in [1.165, 1.54) is 0 Å². The van der Waals surface area contributed by atoms with E-state index in [1.807, 2.05) is 13.8 Å². The van der Waals surface area contributed by atoms with Gasteiger partial charge in [0, 0.05) is 19.3 Å². The van der Waals surface area contributed by atoms with Gasteiger partial charge in [-0.2, -0.15) is 5.10 Å². The molecule has 0 fully saturated rings. The van der Waals surface area contributed by atoms with Crippen molar-refractivity contribution in [2.75, 3.05) is 6.54 Å². The van der Waals surface area contributed by atoms with Gasteiger partial charge in [0.25, 0.3) is 10.0 Å². The summed E-state index contributed by atoms with van der Waals surface area (Å²) >= 11 is 0. The molecule has 1 aromatic rings. The monoisotopic (exact) mass is 217 g/mol. The van der Waals surface area contributed by atoms with Crippen molar-refractivity contribution in [2.24, 2.45) is 7.05 Å². The molecule has 0 spiro atoms. The Morgan fingerprint density at radius 3 is 2.64 bits per heavy atom. The Labute approximate surface area is 84.2 Å². The predicted octanol–water partition coefficient (Wildman–Crippen LogP) is 0.417. The van der Waals surface area contributed by atoms with Crippen LogP contribution in [0.3, 0.4) is 0 Å². The molecule has 5 nitrogen and oxygen atoms in total. The average Bonchev–Trinajstić information content (AvgIpc) is 2.45. The molecule has 1 N–H and O–H groups in total. The van der Waals surface area contributed by atoms with Gasteiger partial charge < -0.3 is 0 Å². The first-order chi connectivity index (χ1) is 6.47. The molecule has 0 unspecified atom stereocenters. The fourth-order valence-electron chi connectivity index (χ4n) is 0.969. The number of nitrogens with zero attached hydrogens (tertiary/aromatic N) is 2. The Morgan fingerprint density at radius 1 is 1.57 bits per heavy atom. The smallest absolute Gasteiger partial charge is 0.259 e. The van der Waals surface area contributed by atoms with Crippen LogP contribution in [0.25, 0.3) is 0 Å².